The van der Waals surface area contributed by atoms with Crippen molar-refractivity contribution in [2.45, 2.75) is 301 Å². The van der Waals surface area contributed by atoms with Crippen LogP contribution in [0.3, 0.4) is 0 Å². The van der Waals surface area contributed by atoms with Gasteiger partial charge in [-0.05, 0) is 24.5 Å². The average molecular weight is 825 g/mol. The smallest absolute Gasteiger partial charge is 0.744 e. The van der Waals surface area contributed by atoms with Crippen LogP contribution in [0, 0.1) is 0 Å². The van der Waals surface area contributed by atoms with E-state index < -0.39 is 10.1 Å². The van der Waals surface area contributed by atoms with Gasteiger partial charge in [0.2, 0.25) is 0 Å². The molecule has 0 aliphatic carbocycles. The Bertz CT molecular complexity index is 1030. The van der Waals surface area contributed by atoms with Gasteiger partial charge in [0.25, 0.3) is 0 Å². The van der Waals surface area contributed by atoms with Crippen molar-refractivity contribution in [3.63, 3.8) is 0 Å². The second-order valence-electron chi connectivity index (χ2n) is 18.0. The van der Waals surface area contributed by atoms with E-state index in [4.69, 9.17) is 0 Å². The van der Waals surface area contributed by atoms with Crippen LogP contribution in [-0.2, 0) is 16.5 Å². The number of aryl methyl sites for hydroxylation is 1. The summed E-state index contributed by atoms with van der Waals surface area (Å²) in [5, 5.41) is 0. The van der Waals surface area contributed by atoms with Crippen LogP contribution in [-0.4, -0.2) is 13.0 Å². The van der Waals surface area contributed by atoms with Crippen LogP contribution < -0.4 is 29.6 Å². The maximum Gasteiger partial charge on any atom is 1.00 e. The van der Waals surface area contributed by atoms with Gasteiger partial charge in [0.15, 0.2) is 0 Å². The molecule has 0 aromatic heterocycles. The predicted octanol–water partition coefficient (Wildman–Crippen LogP) is 15.3. The van der Waals surface area contributed by atoms with Crippen LogP contribution in [0.25, 0.3) is 0 Å². The standard InChI is InChI=1S/C52H98O3S.Na/c1-2-3-4-5-6-7-8-9-10-11-12-13-14-15-16-17-18-19-20-21-22-23-24-25-26-27-28-29-30-31-32-33-34-35-36-37-38-39-40-41-42-43-44-45-48-51-49-46-47-50-52(51)56(53,54)55;/h46-47,49-50H,2-45,48H2,1H3,(H,53,54,55);/q;+1/p-1. The molecule has 0 aliphatic rings. The zero-order chi connectivity index (χ0) is 40.3. The van der Waals surface area contributed by atoms with E-state index in [-0.39, 0.29) is 34.5 Å². The van der Waals surface area contributed by atoms with E-state index in [0.717, 1.165) is 12.8 Å². The fourth-order valence-electron chi connectivity index (χ4n) is 8.77. The van der Waals surface area contributed by atoms with Crippen molar-refractivity contribution in [2.24, 2.45) is 0 Å². The molecule has 0 radical (unpaired) electrons. The summed E-state index contributed by atoms with van der Waals surface area (Å²) in [5.74, 6) is 0. The van der Waals surface area contributed by atoms with Gasteiger partial charge in [-0.3, -0.25) is 0 Å². The molecule has 0 amide bonds. The average Bonchev–Trinajstić information content (AvgIpc) is 3.19. The second kappa shape index (κ2) is 45.7. The summed E-state index contributed by atoms with van der Waals surface area (Å²) in [4.78, 5) is -0.0397. The predicted molar refractivity (Wildman–Crippen MR) is 247 cm³/mol. The monoisotopic (exact) mass is 825 g/mol. The van der Waals surface area contributed by atoms with Crippen molar-refractivity contribution in [3.8, 4) is 0 Å². The van der Waals surface area contributed by atoms with Crippen molar-refractivity contribution in [1.29, 1.82) is 0 Å². The Labute approximate surface area is 380 Å². The third-order valence-electron chi connectivity index (χ3n) is 12.5. The van der Waals surface area contributed by atoms with E-state index in [2.05, 4.69) is 6.92 Å². The van der Waals surface area contributed by atoms with Crippen LogP contribution in [0.4, 0.5) is 0 Å². The molecule has 1 rings (SSSR count). The van der Waals surface area contributed by atoms with Gasteiger partial charge in [-0.2, -0.15) is 0 Å². The molecule has 0 saturated carbocycles. The summed E-state index contributed by atoms with van der Waals surface area (Å²) < 4.78 is 34.2. The number of hydrogen-bond acceptors (Lipinski definition) is 3. The van der Waals surface area contributed by atoms with Gasteiger partial charge in [0, 0.05) is 0 Å². The molecule has 0 bridgehead atoms. The fraction of sp³-hybridized carbons (Fsp3) is 0.885. The zero-order valence-corrected chi connectivity index (χ0v) is 41.6. The minimum Gasteiger partial charge on any atom is -0.744 e. The SMILES string of the molecule is CCCCCCCCCCCCCCCCCCCCCCCCCCCCCCCCCCCCCCCCCCCCCCc1ccccc1S(=O)(=O)[O-].[Na+]. The van der Waals surface area contributed by atoms with Crippen LogP contribution in [0.1, 0.15) is 295 Å². The molecule has 5 heteroatoms. The molecule has 0 fully saturated rings. The van der Waals surface area contributed by atoms with Crippen LogP contribution in [0.2, 0.25) is 0 Å². The number of unbranched alkanes of at least 4 members (excludes halogenated alkanes) is 43. The first-order valence-electron chi connectivity index (χ1n) is 25.6. The van der Waals surface area contributed by atoms with E-state index >= 15 is 0 Å². The van der Waals surface area contributed by atoms with Gasteiger partial charge in [0.05, 0.1) is 4.90 Å². The third-order valence-corrected chi connectivity index (χ3v) is 13.5. The minimum atomic E-state index is -4.37. The molecule has 57 heavy (non-hydrogen) atoms. The van der Waals surface area contributed by atoms with Gasteiger partial charge in [0.1, 0.15) is 10.1 Å². The van der Waals surface area contributed by atoms with Crippen LogP contribution >= 0.6 is 0 Å². The van der Waals surface area contributed by atoms with E-state index in [1.807, 2.05) is 6.07 Å². The Morgan fingerprint density at radius 3 is 0.737 bits per heavy atom. The molecule has 330 valence electrons. The molecule has 1 aromatic rings. The quantitative estimate of drug-likeness (QED) is 0.0374. The van der Waals surface area contributed by atoms with E-state index in [1.54, 1.807) is 12.1 Å². The molecule has 0 N–H and O–H groups in total. The van der Waals surface area contributed by atoms with Crippen molar-refractivity contribution >= 4 is 10.1 Å². The summed E-state index contributed by atoms with van der Waals surface area (Å²) in [6, 6.07) is 6.65. The number of benzene rings is 1. The van der Waals surface area contributed by atoms with E-state index in [0.29, 0.717) is 12.0 Å². The van der Waals surface area contributed by atoms with E-state index in [9.17, 15) is 13.0 Å². The summed E-state index contributed by atoms with van der Waals surface area (Å²) >= 11 is 0. The Hall–Kier alpha value is 0.130. The van der Waals surface area contributed by atoms with Crippen LogP contribution in [0.15, 0.2) is 29.2 Å². The molecule has 0 spiro atoms. The number of hydrogen-bond donors (Lipinski definition) is 0. The first-order chi connectivity index (χ1) is 27.6. The van der Waals surface area contributed by atoms with Gasteiger partial charge < -0.3 is 4.55 Å². The van der Waals surface area contributed by atoms with Gasteiger partial charge >= 0.3 is 29.6 Å². The second-order valence-corrected chi connectivity index (χ2v) is 19.4. The Morgan fingerprint density at radius 1 is 0.333 bits per heavy atom. The molecule has 0 saturated heterocycles. The van der Waals surface area contributed by atoms with Crippen molar-refractivity contribution in [1.82, 2.24) is 0 Å². The maximum atomic E-state index is 11.4. The molecule has 0 aliphatic heterocycles. The fourth-order valence-corrected chi connectivity index (χ4v) is 9.50. The molecule has 0 atom stereocenters. The largest absolute Gasteiger partial charge is 1.00 e. The normalized spacial score (nSPS) is 11.7. The summed E-state index contributed by atoms with van der Waals surface area (Å²) in [6.45, 7) is 2.31. The minimum absolute atomic E-state index is 0. The molecular weight excluding hydrogens is 728 g/mol. The summed E-state index contributed by atoms with van der Waals surface area (Å²) in [6.07, 6.45) is 63.3. The van der Waals surface area contributed by atoms with Crippen molar-refractivity contribution in [2.75, 3.05) is 0 Å². The molecule has 0 unspecified atom stereocenters. The molecular formula is C52H97NaO3S. The van der Waals surface area contributed by atoms with Gasteiger partial charge in [-0.15, -0.1) is 0 Å². The topological polar surface area (TPSA) is 57.2 Å². The van der Waals surface area contributed by atoms with Crippen LogP contribution in [0.5, 0.6) is 0 Å². The van der Waals surface area contributed by atoms with Gasteiger partial charge in [-0.25, -0.2) is 8.42 Å². The Morgan fingerprint density at radius 2 is 0.526 bits per heavy atom. The molecule has 3 nitrogen and oxygen atoms in total. The third kappa shape index (κ3) is 41.3. The van der Waals surface area contributed by atoms with Crippen molar-refractivity contribution in [3.05, 3.63) is 29.8 Å². The summed E-state index contributed by atoms with van der Waals surface area (Å²) in [5.41, 5.74) is 0.676. The zero-order valence-electron chi connectivity index (χ0n) is 38.8. The van der Waals surface area contributed by atoms with Crippen molar-refractivity contribution < 1.29 is 42.5 Å². The van der Waals surface area contributed by atoms with E-state index in [1.165, 1.54) is 276 Å². The summed E-state index contributed by atoms with van der Waals surface area (Å²) in [7, 11) is -4.37. The Balaban J connectivity index is 0.0000314. The first kappa shape index (κ1) is 57.1. The number of rotatable bonds is 46. The molecule has 1 aromatic carbocycles. The Kier molecular flexibility index (Phi) is 45.8. The maximum absolute atomic E-state index is 11.4. The first-order valence-corrected chi connectivity index (χ1v) is 27.0. The van der Waals surface area contributed by atoms with Gasteiger partial charge in [-0.1, -0.05) is 301 Å². The molecule has 0 heterocycles.